The lowest BCUT2D eigenvalue weighted by Gasteiger charge is -2.31. The van der Waals surface area contributed by atoms with Gasteiger partial charge < -0.3 is 10.2 Å². The van der Waals surface area contributed by atoms with Crippen molar-refractivity contribution in [2.24, 2.45) is 5.92 Å². The van der Waals surface area contributed by atoms with Crippen LogP contribution in [0.4, 0.5) is 10.1 Å². The summed E-state index contributed by atoms with van der Waals surface area (Å²) in [6.07, 6.45) is 1.55. The molecule has 198 valence electrons. The second kappa shape index (κ2) is 13.6. The van der Waals surface area contributed by atoms with E-state index >= 15 is 0 Å². The Kier molecular flexibility index (Phi) is 11.2. The van der Waals surface area contributed by atoms with E-state index in [9.17, 15) is 22.4 Å². The number of rotatable bonds is 13. The lowest BCUT2D eigenvalue weighted by atomic mass is 10.1. The van der Waals surface area contributed by atoms with E-state index in [1.807, 2.05) is 20.8 Å². The fraction of sp³-hybridized carbons (Fsp3) is 0.462. The fourth-order valence-electron chi connectivity index (χ4n) is 3.76. The maximum absolute atomic E-state index is 14.3. The number of carbonyl (C=O) groups is 2. The average Bonchev–Trinajstić information content (AvgIpc) is 2.81. The summed E-state index contributed by atoms with van der Waals surface area (Å²) in [7, 11) is -3.77. The maximum Gasteiger partial charge on any atom is 0.242 e. The predicted molar refractivity (Wildman–Crippen MR) is 142 cm³/mol. The molecule has 0 aliphatic carbocycles. The summed E-state index contributed by atoms with van der Waals surface area (Å²) in [6.45, 7) is 6.43. The van der Waals surface area contributed by atoms with Crippen LogP contribution in [-0.2, 0) is 26.2 Å². The van der Waals surface area contributed by atoms with Crippen molar-refractivity contribution in [1.82, 2.24) is 10.2 Å². The second-order valence-corrected chi connectivity index (χ2v) is 11.4. The Hall–Kier alpha value is -2.65. The van der Waals surface area contributed by atoms with Crippen LogP contribution in [-0.4, -0.2) is 50.5 Å². The van der Waals surface area contributed by atoms with E-state index in [2.05, 4.69) is 5.32 Å². The van der Waals surface area contributed by atoms with Crippen LogP contribution < -0.4 is 9.62 Å². The molecule has 0 bridgehead atoms. The van der Waals surface area contributed by atoms with Gasteiger partial charge in [0.25, 0.3) is 0 Å². The molecule has 36 heavy (non-hydrogen) atoms. The molecule has 2 amide bonds. The minimum atomic E-state index is -3.77. The first-order valence-corrected chi connectivity index (χ1v) is 14.2. The Morgan fingerprint density at radius 2 is 1.72 bits per heavy atom. The molecule has 0 aliphatic rings. The van der Waals surface area contributed by atoms with Crippen molar-refractivity contribution in [3.8, 4) is 0 Å². The molecular weight excluding hydrogens is 505 g/mol. The summed E-state index contributed by atoms with van der Waals surface area (Å²) < 4.78 is 39.9. The highest BCUT2D eigenvalue weighted by Gasteiger charge is 2.29. The Balaban J connectivity index is 2.21. The van der Waals surface area contributed by atoms with Crippen molar-refractivity contribution >= 4 is 39.1 Å². The van der Waals surface area contributed by atoms with Crippen molar-refractivity contribution in [2.75, 3.05) is 23.7 Å². The standard InChI is InChI=1S/C26H35ClFN3O4S/c1-5-23(26(33)29-17-19(2)3)30(18-20-12-14-21(27)15-13-20)25(32)11-8-16-31(36(4,34)35)24-10-7-6-9-22(24)28/h6-7,9-10,12-15,19,23H,5,8,11,16-18H2,1-4H3,(H,29,33). The Labute approximate surface area is 218 Å². The minimum absolute atomic E-state index is 0.0119. The van der Waals surface area contributed by atoms with Crippen LogP contribution >= 0.6 is 11.6 Å². The molecule has 2 rings (SSSR count). The van der Waals surface area contributed by atoms with E-state index in [-0.39, 0.29) is 49.4 Å². The number of hydrogen-bond acceptors (Lipinski definition) is 4. The molecule has 0 saturated carbocycles. The van der Waals surface area contributed by atoms with Gasteiger partial charge in [-0.15, -0.1) is 0 Å². The van der Waals surface area contributed by atoms with E-state index in [1.165, 1.54) is 23.1 Å². The zero-order chi connectivity index (χ0) is 26.9. The molecule has 7 nitrogen and oxygen atoms in total. The van der Waals surface area contributed by atoms with E-state index < -0.39 is 21.9 Å². The highest BCUT2D eigenvalue weighted by atomic mass is 35.5. The van der Waals surface area contributed by atoms with Crippen molar-refractivity contribution in [3.05, 3.63) is 64.9 Å². The van der Waals surface area contributed by atoms with Gasteiger partial charge in [0.15, 0.2) is 0 Å². The number of halogens is 2. The number of para-hydroxylation sites is 1. The SMILES string of the molecule is CCC(C(=O)NCC(C)C)N(Cc1ccc(Cl)cc1)C(=O)CCCN(c1ccccc1F)S(C)(=O)=O. The van der Waals surface area contributed by atoms with Gasteiger partial charge in [-0.1, -0.05) is 56.6 Å². The maximum atomic E-state index is 14.3. The van der Waals surface area contributed by atoms with Crippen LogP contribution in [0.15, 0.2) is 48.5 Å². The topological polar surface area (TPSA) is 86.8 Å². The first kappa shape index (κ1) is 29.6. The van der Waals surface area contributed by atoms with Crippen molar-refractivity contribution < 1.29 is 22.4 Å². The average molecular weight is 540 g/mol. The van der Waals surface area contributed by atoms with Gasteiger partial charge in [-0.25, -0.2) is 12.8 Å². The summed E-state index contributed by atoms with van der Waals surface area (Å²) in [5.41, 5.74) is 0.747. The molecule has 10 heteroatoms. The van der Waals surface area contributed by atoms with Crippen molar-refractivity contribution in [1.29, 1.82) is 0 Å². The molecule has 2 aromatic carbocycles. The Bertz CT molecular complexity index is 1130. The lowest BCUT2D eigenvalue weighted by molar-refractivity contribution is -0.141. The summed E-state index contributed by atoms with van der Waals surface area (Å²) >= 11 is 5.99. The Morgan fingerprint density at radius 3 is 2.28 bits per heavy atom. The number of sulfonamides is 1. The quantitative estimate of drug-likeness (QED) is 0.403. The van der Waals surface area contributed by atoms with Crippen LogP contribution in [0.25, 0.3) is 0 Å². The van der Waals surface area contributed by atoms with Crippen LogP contribution in [0, 0.1) is 11.7 Å². The third-order valence-electron chi connectivity index (χ3n) is 5.61. The van der Waals surface area contributed by atoms with Gasteiger partial charge in [-0.3, -0.25) is 13.9 Å². The normalized spacial score (nSPS) is 12.3. The number of carbonyl (C=O) groups excluding carboxylic acids is 2. The third-order valence-corrected chi connectivity index (χ3v) is 7.04. The summed E-state index contributed by atoms with van der Waals surface area (Å²) in [6, 6.07) is 11.9. The second-order valence-electron chi connectivity index (χ2n) is 9.10. The molecule has 0 heterocycles. The molecule has 0 aliphatic heterocycles. The van der Waals surface area contributed by atoms with Crippen molar-refractivity contribution in [3.63, 3.8) is 0 Å². The Morgan fingerprint density at radius 1 is 1.08 bits per heavy atom. The fourth-order valence-corrected chi connectivity index (χ4v) is 4.86. The smallest absolute Gasteiger partial charge is 0.242 e. The highest BCUT2D eigenvalue weighted by Crippen LogP contribution is 2.22. The van der Waals surface area contributed by atoms with Gasteiger partial charge in [-0.2, -0.15) is 0 Å². The highest BCUT2D eigenvalue weighted by molar-refractivity contribution is 7.92. The van der Waals surface area contributed by atoms with E-state index in [4.69, 9.17) is 11.6 Å². The predicted octanol–water partition coefficient (Wildman–Crippen LogP) is 4.60. The molecule has 0 spiro atoms. The molecule has 0 fully saturated rings. The molecule has 1 N–H and O–H groups in total. The molecule has 2 aromatic rings. The molecular formula is C26H35ClFN3O4S. The summed E-state index contributed by atoms with van der Waals surface area (Å²) in [5, 5.41) is 3.46. The minimum Gasteiger partial charge on any atom is -0.354 e. The summed E-state index contributed by atoms with van der Waals surface area (Å²) in [5.74, 6) is -0.935. The van der Waals surface area contributed by atoms with Crippen LogP contribution in [0.3, 0.4) is 0 Å². The third kappa shape index (κ3) is 8.78. The molecule has 1 unspecified atom stereocenters. The number of nitrogens with zero attached hydrogens (tertiary/aromatic N) is 2. The van der Waals surface area contributed by atoms with Gasteiger partial charge in [0.05, 0.1) is 11.9 Å². The van der Waals surface area contributed by atoms with Gasteiger partial charge in [0.2, 0.25) is 21.8 Å². The molecule has 0 saturated heterocycles. The van der Waals surface area contributed by atoms with E-state index in [0.29, 0.717) is 18.0 Å². The van der Waals surface area contributed by atoms with Crippen molar-refractivity contribution in [2.45, 2.75) is 52.6 Å². The lowest BCUT2D eigenvalue weighted by Crippen LogP contribution is -2.49. The molecule has 1 atom stereocenters. The monoisotopic (exact) mass is 539 g/mol. The van der Waals surface area contributed by atoms with E-state index in [0.717, 1.165) is 16.1 Å². The molecule has 0 aromatic heterocycles. The number of anilines is 1. The number of hydrogen-bond donors (Lipinski definition) is 1. The number of nitrogens with one attached hydrogen (secondary N) is 1. The summed E-state index contributed by atoms with van der Waals surface area (Å²) in [4.78, 5) is 27.8. The first-order valence-electron chi connectivity index (χ1n) is 12.0. The zero-order valence-corrected chi connectivity index (χ0v) is 22.8. The van der Waals surface area contributed by atoms with Gasteiger partial charge in [0.1, 0.15) is 11.9 Å². The van der Waals surface area contributed by atoms with Crippen LogP contribution in [0.5, 0.6) is 0 Å². The van der Waals surface area contributed by atoms with Crippen LogP contribution in [0.2, 0.25) is 5.02 Å². The number of amides is 2. The van der Waals surface area contributed by atoms with Crippen LogP contribution in [0.1, 0.15) is 45.6 Å². The largest absolute Gasteiger partial charge is 0.354 e. The molecule has 0 radical (unpaired) electrons. The zero-order valence-electron chi connectivity index (χ0n) is 21.2. The van der Waals surface area contributed by atoms with Gasteiger partial charge in [0, 0.05) is 31.1 Å². The first-order chi connectivity index (χ1) is 16.9. The van der Waals surface area contributed by atoms with Gasteiger partial charge in [-0.05, 0) is 48.6 Å². The van der Waals surface area contributed by atoms with Gasteiger partial charge >= 0.3 is 0 Å². The number of benzene rings is 2. The van der Waals surface area contributed by atoms with E-state index in [1.54, 1.807) is 30.3 Å².